The average Bonchev–Trinajstić information content (AvgIpc) is 3.22. The van der Waals surface area contributed by atoms with E-state index in [-0.39, 0.29) is 11.4 Å². The highest BCUT2D eigenvalue weighted by atomic mass is 15.0. The van der Waals surface area contributed by atoms with Crippen molar-refractivity contribution in [3.05, 3.63) is 180 Å². The molecular formula is C46H30N6. The van der Waals surface area contributed by atoms with E-state index in [0.29, 0.717) is 23.0 Å². The Balaban J connectivity index is 1.13. The number of hydrogen-bond acceptors (Lipinski definition) is 6. The summed E-state index contributed by atoms with van der Waals surface area (Å²) in [6.07, 6.45) is 2.01. The van der Waals surface area contributed by atoms with E-state index < -0.39 is 0 Å². The van der Waals surface area contributed by atoms with E-state index in [9.17, 15) is 5.41 Å². The molecule has 0 saturated heterocycles. The van der Waals surface area contributed by atoms with Gasteiger partial charge in [0.2, 0.25) is 0 Å². The third-order valence-electron chi connectivity index (χ3n) is 9.41. The zero-order valence-corrected chi connectivity index (χ0v) is 28.0. The van der Waals surface area contributed by atoms with Crippen molar-refractivity contribution in [1.82, 2.24) is 19.9 Å². The van der Waals surface area contributed by atoms with Crippen LogP contribution in [0.15, 0.2) is 164 Å². The van der Waals surface area contributed by atoms with E-state index in [1.165, 1.54) is 0 Å². The molecule has 0 saturated carbocycles. The number of para-hydroxylation sites is 1. The molecule has 0 radical (unpaired) electrons. The maximum absolute atomic E-state index is 9.23. The van der Waals surface area contributed by atoms with Crippen molar-refractivity contribution in [1.29, 1.82) is 10.8 Å². The lowest BCUT2D eigenvalue weighted by molar-refractivity contribution is 1.07. The van der Waals surface area contributed by atoms with Gasteiger partial charge in [0.05, 0.1) is 22.6 Å². The summed E-state index contributed by atoms with van der Waals surface area (Å²) < 4.78 is 0. The van der Waals surface area contributed by atoms with E-state index in [1.807, 2.05) is 133 Å². The van der Waals surface area contributed by atoms with E-state index >= 15 is 0 Å². The monoisotopic (exact) mass is 666 g/mol. The van der Waals surface area contributed by atoms with Gasteiger partial charge in [-0.05, 0) is 28.8 Å². The molecule has 2 heterocycles. The van der Waals surface area contributed by atoms with Crippen molar-refractivity contribution < 1.29 is 0 Å². The molecule has 8 aromatic rings. The summed E-state index contributed by atoms with van der Waals surface area (Å²) in [7, 11) is 0. The number of fused-ring (bicyclic) bond motifs is 3. The average molecular weight is 667 g/mol. The van der Waals surface area contributed by atoms with Gasteiger partial charge in [-0.15, -0.1) is 0 Å². The maximum atomic E-state index is 9.23. The summed E-state index contributed by atoms with van der Waals surface area (Å²) in [5.41, 5.74) is 10.9. The molecule has 0 spiro atoms. The SMILES string of the molecule is N=C1C(=N)c2c(c(-c3ccccc3)nc3ccccc23)C=C1c1ccc(-c2nc(-c3ccccc3)nc(-c3ccc(-c4ccccc4)cc3)n2)cc1. The van der Waals surface area contributed by atoms with Crippen molar-refractivity contribution in [2.24, 2.45) is 0 Å². The molecule has 6 heteroatoms. The summed E-state index contributed by atoms with van der Waals surface area (Å²) in [4.78, 5) is 19.8. The molecule has 1 aliphatic rings. The second-order valence-corrected chi connectivity index (χ2v) is 12.6. The molecule has 1 aliphatic carbocycles. The van der Waals surface area contributed by atoms with Crippen LogP contribution in [0.3, 0.4) is 0 Å². The highest BCUT2D eigenvalue weighted by molar-refractivity contribution is 6.64. The first kappa shape index (κ1) is 30.8. The molecule has 0 bridgehead atoms. The minimum atomic E-state index is 0.170. The Morgan fingerprint density at radius 2 is 0.769 bits per heavy atom. The molecule has 52 heavy (non-hydrogen) atoms. The number of nitrogens with zero attached hydrogens (tertiary/aromatic N) is 4. The van der Waals surface area contributed by atoms with Crippen LogP contribution in [0.25, 0.3) is 79.1 Å². The standard InChI is InChI=1S/C46H30N6/c47-41-37(28-38-40(42(41)48)36-18-10-11-19-39(36)49-43(38)32-14-6-2-7-15-32)31-22-26-35(27-23-31)46-51-44(33-16-8-3-9-17-33)50-45(52-46)34-24-20-30(21-25-34)29-12-4-1-5-13-29/h1-28,47-48H. The summed E-state index contributed by atoms with van der Waals surface area (Å²) >= 11 is 0. The summed E-state index contributed by atoms with van der Waals surface area (Å²) in [6.45, 7) is 0. The number of rotatable bonds is 6. The molecule has 0 fully saturated rings. The van der Waals surface area contributed by atoms with Crippen LogP contribution in [0, 0.1) is 10.8 Å². The lowest BCUT2D eigenvalue weighted by Crippen LogP contribution is -2.21. The zero-order chi connectivity index (χ0) is 35.0. The number of benzene rings is 6. The third kappa shape index (κ3) is 5.58. The van der Waals surface area contributed by atoms with Crippen LogP contribution in [0.4, 0.5) is 0 Å². The molecule has 244 valence electrons. The summed E-state index contributed by atoms with van der Waals surface area (Å²) in [5, 5.41) is 19.3. The van der Waals surface area contributed by atoms with Gasteiger partial charge in [-0.3, -0.25) is 10.8 Å². The second kappa shape index (κ2) is 12.9. The topological polar surface area (TPSA) is 99.3 Å². The van der Waals surface area contributed by atoms with Gasteiger partial charge in [-0.25, -0.2) is 19.9 Å². The molecule has 0 unspecified atom stereocenters. The Kier molecular flexibility index (Phi) is 7.67. The first-order valence-electron chi connectivity index (χ1n) is 17.1. The van der Waals surface area contributed by atoms with E-state index in [0.717, 1.165) is 66.7 Å². The number of allylic oxidation sites excluding steroid dienone is 1. The van der Waals surface area contributed by atoms with Gasteiger partial charge >= 0.3 is 0 Å². The number of pyridine rings is 1. The molecule has 0 atom stereocenters. The molecule has 0 amide bonds. The van der Waals surface area contributed by atoms with Gasteiger partial charge in [-0.1, -0.05) is 158 Å². The Labute approximate surface area is 300 Å². The minimum absolute atomic E-state index is 0.170. The zero-order valence-electron chi connectivity index (χ0n) is 28.0. The van der Waals surface area contributed by atoms with E-state index in [2.05, 4.69) is 36.4 Å². The first-order chi connectivity index (χ1) is 25.6. The highest BCUT2D eigenvalue weighted by Gasteiger charge is 2.28. The van der Waals surface area contributed by atoms with Crippen molar-refractivity contribution in [3.8, 4) is 56.5 Å². The van der Waals surface area contributed by atoms with Crippen LogP contribution in [0.2, 0.25) is 0 Å². The lowest BCUT2D eigenvalue weighted by atomic mass is 9.82. The first-order valence-corrected chi connectivity index (χ1v) is 17.1. The van der Waals surface area contributed by atoms with Crippen LogP contribution < -0.4 is 0 Å². The Hall–Kier alpha value is -7.18. The van der Waals surface area contributed by atoms with Gasteiger partial charge in [0.25, 0.3) is 0 Å². The lowest BCUT2D eigenvalue weighted by Gasteiger charge is -2.23. The maximum Gasteiger partial charge on any atom is 0.164 e. The van der Waals surface area contributed by atoms with Crippen LogP contribution in [-0.2, 0) is 0 Å². The summed E-state index contributed by atoms with van der Waals surface area (Å²) in [5.74, 6) is 1.73. The minimum Gasteiger partial charge on any atom is -0.298 e. The van der Waals surface area contributed by atoms with Crippen molar-refractivity contribution in [2.75, 3.05) is 0 Å². The van der Waals surface area contributed by atoms with Gasteiger partial charge in [0.15, 0.2) is 17.5 Å². The fraction of sp³-hybridized carbons (Fsp3) is 0. The fourth-order valence-corrected chi connectivity index (χ4v) is 6.75. The van der Waals surface area contributed by atoms with Gasteiger partial charge in [0, 0.05) is 44.3 Å². The van der Waals surface area contributed by atoms with Crippen LogP contribution in [-0.4, -0.2) is 31.4 Å². The van der Waals surface area contributed by atoms with Gasteiger partial charge in [0.1, 0.15) is 0 Å². The Bertz CT molecular complexity index is 2670. The quantitative estimate of drug-likeness (QED) is 0.184. The third-order valence-corrected chi connectivity index (χ3v) is 9.41. The van der Waals surface area contributed by atoms with Gasteiger partial charge in [-0.2, -0.15) is 0 Å². The molecule has 6 nitrogen and oxygen atoms in total. The molecule has 9 rings (SSSR count). The number of nitrogens with one attached hydrogen (secondary N) is 2. The largest absolute Gasteiger partial charge is 0.298 e. The van der Waals surface area contributed by atoms with Crippen molar-refractivity contribution in [3.63, 3.8) is 0 Å². The van der Waals surface area contributed by atoms with Crippen LogP contribution >= 0.6 is 0 Å². The van der Waals surface area contributed by atoms with E-state index in [4.69, 9.17) is 25.3 Å². The second-order valence-electron chi connectivity index (χ2n) is 12.6. The Morgan fingerprint density at radius 3 is 1.35 bits per heavy atom. The molecule has 0 aliphatic heterocycles. The van der Waals surface area contributed by atoms with Crippen molar-refractivity contribution >= 4 is 34.0 Å². The molecular weight excluding hydrogens is 637 g/mol. The normalized spacial score (nSPS) is 12.4. The fourth-order valence-electron chi connectivity index (χ4n) is 6.75. The molecule has 6 aromatic carbocycles. The van der Waals surface area contributed by atoms with Crippen molar-refractivity contribution in [2.45, 2.75) is 0 Å². The van der Waals surface area contributed by atoms with Gasteiger partial charge < -0.3 is 0 Å². The highest BCUT2D eigenvalue weighted by Crippen LogP contribution is 2.38. The number of hydrogen-bond donors (Lipinski definition) is 2. The smallest absolute Gasteiger partial charge is 0.164 e. The Morgan fingerprint density at radius 1 is 0.346 bits per heavy atom. The van der Waals surface area contributed by atoms with Crippen LogP contribution in [0.1, 0.15) is 16.7 Å². The van der Waals surface area contributed by atoms with E-state index in [1.54, 1.807) is 0 Å². The molecule has 2 aromatic heterocycles. The predicted octanol–water partition coefficient (Wildman–Crippen LogP) is 10.7. The van der Waals surface area contributed by atoms with Crippen LogP contribution in [0.5, 0.6) is 0 Å². The predicted molar refractivity (Wildman–Crippen MR) is 211 cm³/mol. The summed E-state index contributed by atoms with van der Waals surface area (Å²) in [6, 6.07) is 54.3. The molecule has 2 N–H and O–H groups in total. The number of aromatic nitrogens is 4.